The first-order valence-corrected chi connectivity index (χ1v) is 6.66. The molecule has 4 nitrogen and oxygen atoms in total. The van der Waals surface area contributed by atoms with Gasteiger partial charge >= 0.3 is 5.97 Å². The maximum absolute atomic E-state index is 10.3. The summed E-state index contributed by atoms with van der Waals surface area (Å²) in [4.78, 5) is 10.3. The molecule has 0 bridgehead atoms. The molecule has 0 saturated heterocycles. The Labute approximate surface area is 104 Å². The Morgan fingerprint density at radius 3 is 2.00 bits per heavy atom. The molecular formula is C13H26O4. The Balaban J connectivity index is 3.21. The molecular weight excluding hydrogens is 220 g/mol. The van der Waals surface area contributed by atoms with E-state index >= 15 is 0 Å². The Kier molecular flexibility index (Phi) is 10.2. The molecule has 2 atom stereocenters. The number of aliphatic carboxylic acids is 1. The molecule has 102 valence electrons. The van der Waals surface area contributed by atoms with Crippen LogP contribution in [0.25, 0.3) is 0 Å². The van der Waals surface area contributed by atoms with Gasteiger partial charge in [0.05, 0.1) is 6.10 Å². The third-order valence-corrected chi connectivity index (χ3v) is 2.92. The van der Waals surface area contributed by atoms with Gasteiger partial charge in [-0.25, -0.2) is 4.79 Å². The van der Waals surface area contributed by atoms with Crippen LogP contribution in [0.5, 0.6) is 0 Å². The summed E-state index contributed by atoms with van der Waals surface area (Å²) >= 11 is 0. The lowest BCUT2D eigenvalue weighted by Crippen LogP contribution is -2.18. The highest BCUT2D eigenvalue weighted by Gasteiger charge is 2.11. The maximum atomic E-state index is 10.3. The van der Waals surface area contributed by atoms with Crippen molar-refractivity contribution in [1.82, 2.24) is 0 Å². The fourth-order valence-corrected chi connectivity index (χ4v) is 1.85. The lowest BCUT2D eigenvalue weighted by Gasteiger charge is -2.08. The van der Waals surface area contributed by atoms with Crippen LogP contribution in [0.3, 0.4) is 0 Å². The van der Waals surface area contributed by atoms with Crippen molar-refractivity contribution in [3.05, 3.63) is 0 Å². The molecule has 0 aliphatic carbocycles. The van der Waals surface area contributed by atoms with Gasteiger partial charge in [0.25, 0.3) is 0 Å². The van der Waals surface area contributed by atoms with Gasteiger partial charge in [-0.3, -0.25) is 0 Å². The van der Waals surface area contributed by atoms with E-state index in [1.165, 1.54) is 0 Å². The summed E-state index contributed by atoms with van der Waals surface area (Å²) in [6.07, 6.45) is 6.60. The van der Waals surface area contributed by atoms with Crippen molar-refractivity contribution in [2.45, 2.75) is 76.9 Å². The molecule has 2 unspecified atom stereocenters. The number of hydrogen-bond acceptors (Lipinski definition) is 3. The van der Waals surface area contributed by atoms with Gasteiger partial charge in [0.2, 0.25) is 0 Å². The Morgan fingerprint density at radius 1 is 0.941 bits per heavy atom. The van der Waals surface area contributed by atoms with E-state index in [9.17, 15) is 9.90 Å². The van der Waals surface area contributed by atoms with Crippen LogP contribution >= 0.6 is 0 Å². The van der Waals surface area contributed by atoms with Crippen LogP contribution in [0.2, 0.25) is 0 Å². The Morgan fingerprint density at radius 2 is 1.47 bits per heavy atom. The number of carbonyl (C=O) groups is 1. The van der Waals surface area contributed by atoms with E-state index in [0.717, 1.165) is 51.4 Å². The molecule has 0 radical (unpaired) electrons. The molecule has 0 heterocycles. The Bertz CT molecular complexity index is 194. The van der Waals surface area contributed by atoms with Crippen molar-refractivity contribution in [2.75, 3.05) is 0 Å². The smallest absolute Gasteiger partial charge is 0.332 e. The summed E-state index contributed by atoms with van der Waals surface area (Å²) in [6, 6.07) is 0. The van der Waals surface area contributed by atoms with E-state index in [2.05, 4.69) is 6.92 Å². The lowest BCUT2D eigenvalue weighted by molar-refractivity contribution is -0.146. The summed E-state index contributed by atoms with van der Waals surface area (Å²) in [6.45, 7) is 2.07. The van der Waals surface area contributed by atoms with Crippen LogP contribution in [0.4, 0.5) is 0 Å². The number of rotatable bonds is 11. The highest BCUT2D eigenvalue weighted by atomic mass is 16.4. The summed E-state index contributed by atoms with van der Waals surface area (Å²) in [5.41, 5.74) is 0. The second kappa shape index (κ2) is 10.5. The summed E-state index contributed by atoms with van der Waals surface area (Å²) in [7, 11) is 0. The third kappa shape index (κ3) is 10.3. The molecule has 0 aromatic carbocycles. The molecule has 0 amide bonds. The zero-order valence-corrected chi connectivity index (χ0v) is 10.8. The molecule has 0 fully saturated rings. The second-order valence-electron chi connectivity index (χ2n) is 4.64. The van der Waals surface area contributed by atoms with Gasteiger partial charge in [0.1, 0.15) is 0 Å². The van der Waals surface area contributed by atoms with Gasteiger partial charge in [-0.15, -0.1) is 0 Å². The summed E-state index contributed by atoms with van der Waals surface area (Å²) in [5, 5.41) is 27.0. The van der Waals surface area contributed by atoms with Gasteiger partial charge in [-0.2, -0.15) is 0 Å². The third-order valence-electron chi connectivity index (χ3n) is 2.92. The van der Waals surface area contributed by atoms with Gasteiger partial charge < -0.3 is 15.3 Å². The van der Waals surface area contributed by atoms with E-state index in [4.69, 9.17) is 10.2 Å². The summed E-state index contributed by atoms with van der Waals surface area (Å²) in [5.74, 6) is -1.13. The fourth-order valence-electron chi connectivity index (χ4n) is 1.85. The zero-order chi connectivity index (χ0) is 13.1. The first-order chi connectivity index (χ1) is 8.07. The van der Waals surface area contributed by atoms with E-state index in [1.54, 1.807) is 0 Å². The van der Waals surface area contributed by atoms with Crippen LogP contribution in [0, 0.1) is 0 Å². The summed E-state index contributed by atoms with van der Waals surface area (Å²) < 4.78 is 0. The van der Waals surface area contributed by atoms with E-state index in [0.29, 0.717) is 6.42 Å². The fraction of sp³-hybridized carbons (Fsp3) is 0.923. The Hall–Kier alpha value is -0.610. The molecule has 0 spiro atoms. The van der Waals surface area contributed by atoms with Gasteiger partial charge in [-0.05, 0) is 19.3 Å². The van der Waals surface area contributed by atoms with Crippen LogP contribution in [0.15, 0.2) is 0 Å². The number of unbranched alkanes of at least 4 members (excludes halogenated alkanes) is 4. The quantitative estimate of drug-likeness (QED) is 0.489. The van der Waals surface area contributed by atoms with E-state index in [1.807, 2.05) is 0 Å². The number of aliphatic hydroxyl groups excluding tert-OH is 2. The number of aliphatic hydroxyl groups is 2. The zero-order valence-electron chi connectivity index (χ0n) is 10.8. The van der Waals surface area contributed by atoms with Crippen LogP contribution < -0.4 is 0 Å². The molecule has 0 rings (SSSR count). The molecule has 17 heavy (non-hydrogen) atoms. The molecule has 4 heteroatoms. The van der Waals surface area contributed by atoms with Crippen molar-refractivity contribution in [1.29, 1.82) is 0 Å². The minimum atomic E-state index is -1.21. The second-order valence-corrected chi connectivity index (χ2v) is 4.64. The van der Waals surface area contributed by atoms with E-state index in [-0.39, 0.29) is 6.10 Å². The van der Waals surface area contributed by atoms with Gasteiger partial charge in [0, 0.05) is 0 Å². The lowest BCUT2D eigenvalue weighted by atomic mass is 10.0. The van der Waals surface area contributed by atoms with Crippen molar-refractivity contribution in [3.63, 3.8) is 0 Å². The van der Waals surface area contributed by atoms with Crippen molar-refractivity contribution in [2.24, 2.45) is 0 Å². The average Bonchev–Trinajstić information content (AvgIpc) is 2.27. The molecule has 0 saturated carbocycles. The number of hydrogen-bond donors (Lipinski definition) is 3. The first-order valence-electron chi connectivity index (χ1n) is 6.66. The largest absolute Gasteiger partial charge is 0.479 e. The van der Waals surface area contributed by atoms with Gasteiger partial charge in [-0.1, -0.05) is 45.4 Å². The highest BCUT2D eigenvalue weighted by molar-refractivity contribution is 5.71. The number of carboxylic acids is 1. The minimum absolute atomic E-state index is 0.158. The number of carboxylic acid groups (broad SMARTS) is 1. The van der Waals surface area contributed by atoms with Crippen molar-refractivity contribution < 1.29 is 20.1 Å². The van der Waals surface area contributed by atoms with Crippen molar-refractivity contribution in [3.8, 4) is 0 Å². The maximum Gasteiger partial charge on any atom is 0.332 e. The topological polar surface area (TPSA) is 77.8 Å². The SMILES string of the molecule is CCCC(O)CCCCCCCC(O)C(=O)O. The highest BCUT2D eigenvalue weighted by Crippen LogP contribution is 2.11. The molecule has 0 aromatic rings. The van der Waals surface area contributed by atoms with Crippen LogP contribution in [-0.2, 0) is 4.79 Å². The molecule has 0 aliphatic rings. The van der Waals surface area contributed by atoms with Crippen molar-refractivity contribution >= 4 is 5.97 Å². The normalized spacial score (nSPS) is 14.5. The molecule has 0 aliphatic heterocycles. The minimum Gasteiger partial charge on any atom is -0.479 e. The standard InChI is InChI=1S/C13H26O4/c1-2-8-11(14)9-6-4-3-5-7-10-12(15)13(16)17/h11-12,14-15H,2-10H2,1H3,(H,16,17). The molecule has 3 N–H and O–H groups in total. The van der Waals surface area contributed by atoms with E-state index < -0.39 is 12.1 Å². The first kappa shape index (κ1) is 16.4. The predicted octanol–water partition coefficient (Wildman–Crippen LogP) is 2.32. The average molecular weight is 246 g/mol. The predicted molar refractivity (Wildman–Crippen MR) is 66.9 cm³/mol. The monoisotopic (exact) mass is 246 g/mol. The van der Waals surface area contributed by atoms with Gasteiger partial charge in [0.15, 0.2) is 6.10 Å². The van der Waals surface area contributed by atoms with Crippen LogP contribution in [0.1, 0.15) is 64.7 Å². The van der Waals surface area contributed by atoms with Crippen LogP contribution in [-0.4, -0.2) is 33.5 Å². The molecule has 0 aromatic heterocycles.